The fourth-order valence-electron chi connectivity index (χ4n) is 2.17. The van der Waals surface area contributed by atoms with E-state index in [1.807, 2.05) is 18.7 Å². The second-order valence-electron chi connectivity index (χ2n) is 4.61. The van der Waals surface area contributed by atoms with E-state index < -0.39 is 0 Å². The van der Waals surface area contributed by atoms with Crippen LogP contribution >= 0.6 is 27.7 Å². The maximum absolute atomic E-state index is 5.92. The van der Waals surface area contributed by atoms with Gasteiger partial charge < -0.3 is 10.6 Å². The number of benzene rings is 1. The number of nitrogens with two attached hydrogens (primary N) is 1. The normalized spacial score (nSPS) is 22.6. The molecule has 1 aliphatic heterocycles. The molecule has 2 rings (SSSR count). The fraction of sp³-hybridized carbons (Fsp3) is 0.538. The van der Waals surface area contributed by atoms with Crippen molar-refractivity contribution in [3.63, 3.8) is 0 Å². The average Bonchev–Trinajstić information content (AvgIpc) is 2.29. The maximum Gasteiger partial charge on any atom is 0.0380 e. The highest BCUT2D eigenvalue weighted by Crippen LogP contribution is 2.30. The number of hydrogen-bond acceptors (Lipinski definition) is 3. The van der Waals surface area contributed by atoms with Gasteiger partial charge in [0.05, 0.1) is 0 Å². The van der Waals surface area contributed by atoms with Crippen LogP contribution in [0, 0.1) is 0 Å². The van der Waals surface area contributed by atoms with Gasteiger partial charge >= 0.3 is 0 Å². The molecule has 1 heterocycles. The van der Waals surface area contributed by atoms with E-state index in [9.17, 15) is 0 Å². The lowest BCUT2D eigenvalue weighted by Gasteiger charge is -2.35. The lowest BCUT2D eigenvalue weighted by atomic mass is 10.1. The molecule has 17 heavy (non-hydrogen) atoms. The lowest BCUT2D eigenvalue weighted by molar-refractivity contribution is 0.699. The van der Waals surface area contributed by atoms with Crippen LogP contribution in [0.1, 0.15) is 25.5 Å². The summed E-state index contributed by atoms with van der Waals surface area (Å²) in [7, 11) is 0. The number of rotatable bonds is 2. The fourth-order valence-corrected chi connectivity index (χ4v) is 3.92. The van der Waals surface area contributed by atoms with Crippen LogP contribution in [0.3, 0.4) is 0 Å². The van der Waals surface area contributed by atoms with Gasteiger partial charge in [-0.05, 0) is 31.5 Å². The van der Waals surface area contributed by atoms with Gasteiger partial charge in [0.1, 0.15) is 0 Å². The second kappa shape index (κ2) is 5.63. The molecule has 1 aromatic rings. The average molecular weight is 315 g/mol. The zero-order chi connectivity index (χ0) is 12.4. The first-order valence-corrected chi connectivity index (χ1v) is 7.94. The highest BCUT2D eigenvalue weighted by atomic mass is 79.9. The summed E-state index contributed by atoms with van der Waals surface area (Å²) in [5.41, 5.74) is 8.40. The molecule has 0 aliphatic carbocycles. The lowest BCUT2D eigenvalue weighted by Crippen LogP contribution is -2.40. The van der Waals surface area contributed by atoms with Crippen LogP contribution in [-0.2, 0) is 0 Å². The van der Waals surface area contributed by atoms with E-state index >= 15 is 0 Å². The molecule has 0 radical (unpaired) electrons. The number of anilines is 1. The Bertz CT molecular complexity index is 395. The summed E-state index contributed by atoms with van der Waals surface area (Å²) in [6.07, 6.45) is 0. The van der Waals surface area contributed by atoms with Crippen molar-refractivity contribution in [1.82, 2.24) is 0 Å². The molecule has 0 saturated carbocycles. The molecule has 1 fully saturated rings. The van der Waals surface area contributed by atoms with Crippen molar-refractivity contribution in [2.75, 3.05) is 23.0 Å². The van der Waals surface area contributed by atoms with Crippen LogP contribution in [0.2, 0.25) is 0 Å². The smallest absolute Gasteiger partial charge is 0.0380 e. The molecule has 0 aromatic heterocycles. The number of nitrogens with zero attached hydrogens (tertiary/aromatic N) is 1. The second-order valence-corrected chi connectivity index (χ2v) is 6.62. The Morgan fingerprint density at radius 1 is 1.53 bits per heavy atom. The number of thioether (sulfide) groups is 1. The molecule has 0 bridgehead atoms. The Morgan fingerprint density at radius 2 is 2.29 bits per heavy atom. The van der Waals surface area contributed by atoms with Crippen LogP contribution in [0.15, 0.2) is 22.7 Å². The molecular formula is C13H19BrN2S. The monoisotopic (exact) mass is 314 g/mol. The van der Waals surface area contributed by atoms with Gasteiger partial charge in [-0.15, -0.1) is 0 Å². The zero-order valence-corrected chi connectivity index (χ0v) is 12.7. The molecule has 0 spiro atoms. The van der Waals surface area contributed by atoms with Crippen molar-refractivity contribution < 1.29 is 0 Å². The van der Waals surface area contributed by atoms with Crippen LogP contribution in [0.4, 0.5) is 5.69 Å². The van der Waals surface area contributed by atoms with E-state index in [0.29, 0.717) is 6.04 Å². The summed E-state index contributed by atoms with van der Waals surface area (Å²) in [6.45, 7) is 5.44. The molecule has 94 valence electrons. The molecule has 1 aromatic carbocycles. The quantitative estimate of drug-likeness (QED) is 0.907. The SMILES string of the molecule is CC(N)c1ccc(N2CCSCC2C)cc1Br. The van der Waals surface area contributed by atoms with E-state index in [4.69, 9.17) is 5.73 Å². The minimum absolute atomic E-state index is 0.0766. The van der Waals surface area contributed by atoms with Gasteiger partial charge in [-0.25, -0.2) is 0 Å². The molecule has 1 saturated heterocycles. The first kappa shape index (κ1) is 13.2. The zero-order valence-electron chi connectivity index (χ0n) is 10.3. The Hall–Kier alpha value is -0.190. The predicted octanol–water partition coefficient (Wildman–Crippen LogP) is 3.41. The van der Waals surface area contributed by atoms with Crippen molar-refractivity contribution in [1.29, 1.82) is 0 Å². The third-order valence-corrected chi connectivity index (χ3v) is 5.05. The van der Waals surface area contributed by atoms with Crippen molar-refractivity contribution >= 4 is 33.4 Å². The van der Waals surface area contributed by atoms with Crippen molar-refractivity contribution in [2.24, 2.45) is 5.73 Å². The van der Waals surface area contributed by atoms with Gasteiger partial charge in [-0.3, -0.25) is 0 Å². The molecule has 2 atom stereocenters. The first-order chi connectivity index (χ1) is 8.09. The third kappa shape index (κ3) is 2.98. The Kier molecular flexibility index (Phi) is 4.39. The van der Waals surface area contributed by atoms with E-state index in [2.05, 4.69) is 46.0 Å². The van der Waals surface area contributed by atoms with E-state index in [1.54, 1.807) is 0 Å². The Morgan fingerprint density at radius 3 is 2.88 bits per heavy atom. The summed E-state index contributed by atoms with van der Waals surface area (Å²) in [5, 5.41) is 0. The molecule has 2 N–H and O–H groups in total. The molecular weight excluding hydrogens is 296 g/mol. The van der Waals surface area contributed by atoms with Gasteiger partial charge in [0.15, 0.2) is 0 Å². The van der Waals surface area contributed by atoms with Crippen molar-refractivity contribution in [3.05, 3.63) is 28.2 Å². The summed E-state index contributed by atoms with van der Waals surface area (Å²) < 4.78 is 1.12. The standard InChI is InChI=1S/C13H19BrN2S/c1-9-8-17-6-5-16(9)11-3-4-12(10(2)15)13(14)7-11/h3-4,7,9-10H,5-6,8,15H2,1-2H3. The van der Waals surface area contributed by atoms with Gasteiger partial charge in [0, 0.05) is 40.3 Å². The topological polar surface area (TPSA) is 29.3 Å². The molecule has 1 aliphatic rings. The highest BCUT2D eigenvalue weighted by molar-refractivity contribution is 9.10. The maximum atomic E-state index is 5.92. The molecule has 2 nitrogen and oxygen atoms in total. The predicted molar refractivity (Wildman–Crippen MR) is 80.9 cm³/mol. The summed E-state index contributed by atoms with van der Waals surface area (Å²) in [4.78, 5) is 2.48. The highest BCUT2D eigenvalue weighted by Gasteiger charge is 2.19. The van der Waals surface area contributed by atoms with Crippen molar-refractivity contribution in [2.45, 2.75) is 25.9 Å². The van der Waals surface area contributed by atoms with Crippen LogP contribution in [0.5, 0.6) is 0 Å². The van der Waals surface area contributed by atoms with Crippen molar-refractivity contribution in [3.8, 4) is 0 Å². The summed E-state index contributed by atoms with van der Waals surface area (Å²) in [6, 6.07) is 7.22. The van der Waals surface area contributed by atoms with Gasteiger partial charge in [0.2, 0.25) is 0 Å². The summed E-state index contributed by atoms with van der Waals surface area (Å²) >= 11 is 5.66. The van der Waals surface area contributed by atoms with Gasteiger partial charge in [0.25, 0.3) is 0 Å². The van der Waals surface area contributed by atoms with Gasteiger partial charge in [-0.2, -0.15) is 11.8 Å². The van der Waals surface area contributed by atoms with Crippen LogP contribution in [-0.4, -0.2) is 24.1 Å². The molecule has 0 amide bonds. The first-order valence-electron chi connectivity index (χ1n) is 5.99. The van der Waals surface area contributed by atoms with E-state index in [1.165, 1.54) is 22.8 Å². The third-order valence-electron chi connectivity index (χ3n) is 3.17. The van der Waals surface area contributed by atoms with Gasteiger partial charge in [-0.1, -0.05) is 22.0 Å². The molecule has 4 heteroatoms. The minimum Gasteiger partial charge on any atom is -0.367 e. The Balaban J connectivity index is 2.24. The number of halogens is 1. The van der Waals surface area contributed by atoms with Crippen LogP contribution < -0.4 is 10.6 Å². The van der Waals surface area contributed by atoms with Crippen LogP contribution in [0.25, 0.3) is 0 Å². The number of hydrogen-bond donors (Lipinski definition) is 1. The van der Waals surface area contributed by atoms with E-state index in [-0.39, 0.29) is 6.04 Å². The van der Waals surface area contributed by atoms with E-state index in [0.717, 1.165) is 11.0 Å². The Labute approximate surface area is 116 Å². The minimum atomic E-state index is 0.0766. The summed E-state index contributed by atoms with van der Waals surface area (Å²) in [5.74, 6) is 2.43. The molecule has 2 unspecified atom stereocenters. The largest absolute Gasteiger partial charge is 0.367 e.